The lowest BCUT2D eigenvalue weighted by molar-refractivity contribution is -0.118. The molecule has 0 spiro atoms. The molecule has 132 valence electrons. The van der Waals surface area contributed by atoms with Gasteiger partial charge >= 0.3 is 5.97 Å². The highest BCUT2D eigenvalue weighted by atomic mass is 16.5. The van der Waals surface area contributed by atoms with E-state index in [1.807, 2.05) is 24.3 Å². The van der Waals surface area contributed by atoms with Gasteiger partial charge < -0.3 is 19.9 Å². The van der Waals surface area contributed by atoms with Crippen LogP contribution in [-0.4, -0.2) is 30.7 Å². The Morgan fingerprint density at radius 1 is 1.12 bits per heavy atom. The third-order valence-corrected chi connectivity index (χ3v) is 3.52. The highest BCUT2D eigenvalue weighted by molar-refractivity contribution is 5.95. The Bertz CT molecular complexity index is 740. The van der Waals surface area contributed by atoms with E-state index in [0.717, 1.165) is 12.8 Å². The minimum absolute atomic E-state index is 0.189. The lowest BCUT2D eigenvalue weighted by Crippen LogP contribution is -2.20. The van der Waals surface area contributed by atoms with Gasteiger partial charge in [-0.3, -0.25) is 4.79 Å². The first-order valence-electron chi connectivity index (χ1n) is 7.96. The molecule has 0 aliphatic rings. The third kappa shape index (κ3) is 5.24. The van der Waals surface area contributed by atoms with Gasteiger partial charge in [0, 0.05) is 0 Å². The van der Waals surface area contributed by atoms with Crippen molar-refractivity contribution in [3.63, 3.8) is 0 Å². The summed E-state index contributed by atoms with van der Waals surface area (Å²) in [7, 11) is 1.25. The maximum absolute atomic E-state index is 11.9. The molecule has 0 fully saturated rings. The van der Waals surface area contributed by atoms with Crippen LogP contribution in [0.4, 0.5) is 5.69 Å². The number of hydrogen-bond acceptors (Lipinski definition) is 5. The molecule has 2 aromatic carbocycles. The van der Waals surface area contributed by atoms with E-state index in [1.54, 1.807) is 0 Å². The number of hydrogen-bond donors (Lipinski definition) is 2. The second-order valence-corrected chi connectivity index (χ2v) is 5.45. The molecule has 25 heavy (non-hydrogen) atoms. The number of carbonyl (C=O) groups excluding carboxylic acids is 2. The SMILES string of the molecule is CCCc1ccc(OCC(=O)Nc2ccc(C(=O)OC)cc2O)cc1. The highest BCUT2D eigenvalue weighted by Crippen LogP contribution is 2.24. The molecule has 0 heterocycles. The van der Waals surface area contributed by atoms with E-state index in [9.17, 15) is 14.7 Å². The van der Waals surface area contributed by atoms with Crippen molar-refractivity contribution in [2.45, 2.75) is 19.8 Å². The van der Waals surface area contributed by atoms with E-state index < -0.39 is 11.9 Å². The molecule has 0 radical (unpaired) electrons. The summed E-state index contributed by atoms with van der Waals surface area (Å²) in [6.45, 7) is 1.92. The van der Waals surface area contributed by atoms with Crippen LogP contribution in [0.1, 0.15) is 29.3 Å². The van der Waals surface area contributed by atoms with Crippen molar-refractivity contribution in [3.05, 3.63) is 53.6 Å². The molecule has 0 aliphatic heterocycles. The van der Waals surface area contributed by atoms with Gasteiger partial charge in [-0.05, 0) is 42.3 Å². The van der Waals surface area contributed by atoms with Crippen LogP contribution in [0, 0.1) is 0 Å². The molecule has 0 saturated heterocycles. The average Bonchev–Trinajstić information content (AvgIpc) is 2.62. The molecule has 6 heteroatoms. The van der Waals surface area contributed by atoms with Gasteiger partial charge in [0.2, 0.25) is 0 Å². The molecule has 0 unspecified atom stereocenters. The van der Waals surface area contributed by atoms with Crippen molar-refractivity contribution in [2.24, 2.45) is 0 Å². The Balaban J connectivity index is 1.90. The number of aromatic hydroxyl groups is 1. The maximum atomic E-state index is 11.9. The molecular formula is C19H21NO5. The van der Waals surface area contributed by atoms with Crippen LogP contribution in [-0.2, 0) is 16.0 Å². The Kier molecular flexibility index (Phi) is 6.39. The smallest absolute Gasteiger partial charge is 0.337 e. The van der Waals surface area contributed by atoms with Crippen molar-refractivity contribution in [1.82, 2.24) is 0 Å². The fraction of sp³-hybridized carbons (Fsp3) is 0.263. The van der Waals surface area contributed by atoms with E-state index in [2.05, 4.69) is 17.0 Å². The van der Waals surface area contributed by atoms with Gasteiger partial charge in [-0.1, -0.05) is 25.5 Å². The molecule has 0 aliphatic carbocycles. The van der Waals surface area contributed by atoms with E-state index in [0.29, 0.717) is 5.75 Å². The van der Waals surface area contributed by atoms with Crippen LogP contribution in [0.15, 0.2) is 42.5 Å². The second-order valence-electron chi connectivity index (χ2n) is 5.45. The summed E-state index contributed by atoms with van der Waals surface area (Å²) >= 11 is 0. The van der Waals surface area contributed by atoms with Crippen LogP contribution in [0.3, 0.4) is 0 Å². The number of esters is 1. The van der Waals surface area contributed by atoms with Crippen LogP contribution in [0.25, 0.3) is 0 Å². The number of anilines is 1. The molecule has 2 rings (SSSR count). The summed E-state index contributed by atoms with van der Waals surface area (Å²) in [5.41, 5.74) is 1.61. The largest absolute Gasteiger partial charge is 0.506 e. The summed E-state index contributed by atoms with van der Waals surface area (Å²) in [4.78, 5) is 23.3. The van der Waals surface area contributed by atoms with Crippen LogP contribution in [0.2, 0.25) is 0 Å². The first-order chi connectivity index (χ1) is 12.0. The summed E-state index contributed by atoms with van der Waals surface area (Å²) in [6.07, 6.45) is 2.07. The number of ether oxygens (including phenoxy) is 2. The lowest BCUT2D eigenvalue weighted by atomic mass is 10.1. The van der Waals surface area contributed by atoms with Gasteiger partial charge in [-0.15, -0.1) is 0 Å². The third-order valence-electron chi connectivity index (χ3n) is 3.52. The number of aryl methyl sites for hydroxylation is 1. The van der Waals surface area contributed by atoms with Gasteiger partial charge in [-0.2, -0.15) is 0 Å². The number of carbonyl (C=O) groups is 2. The van der Waals surface area contributed by atoms with Gasteiger partial charge in [0.1, 0.15) is 11.5 Å². The zero-order valence-electron chi connectivity index (χ0n) is 14.2. The fourth-order valence-corrected chi connectivity index (χ4v) is 2.26. The van der Waals surface area contributed by atoms with E-state index in [1.165, 1.54) is 30.9 Å². The van der Waals surface area contributed by atoms with E-state index in [4.69, 9.17) is 4.74 Å². The van der Waals surface area contributed by atoms with Crippen LogP contribution < -0.4 is 10.1 Å². The molecule has 0 atom stereocenters. The minimum Gasteiger partial charge on any atom is -0.506 e. The molecule has 0 saturated carbocycles. The molecule has 6 nitrogen and oxygen atoms in total. The van der Waals surface area contributed by atoms with Crippen molar-refractivity contribution in [3.8, 4) is 11.5 Å². The number of phenols is 1. The normalized spacial score (nSPS) is 10.2. The summed E-state index contributed by atoms with van der Waals surface area (Å²) < 4.78 is 9.99. The average molecular weight is 343 g/mol. The topological polar surface area (TPSA) is 84.9 Å². The number of nitrogens with one attached hydrogen (secondary N) is 1. The zero-order chi connectivity index (χ0) is 18.2. The molecular weight excluding hydrogens is 322 g/mol. The van der Waals surface area contributed by atoms with Gasteiger partial charge in [0.15, 0.2) is 6.61 Å². The van der Waals surface area contributed by atoms with Crippen molar-refractivity contribution >= 4 is 17.6 Å². The van der Waals surface area contributed by atoms with Gasteiger partial charge in [-0.25, -0.2) is 4.79 Å². The molecule has 0 bridgehead atoms. The predicted molar refractivity (Wildman–Crippen MR) is 94.0 cm³/mol. The Morgan fingerprint density at radius 3 is 2.44 bits per heavy atom. The van der Waals surface area contributed by atoms with Gasteiger partial charge in [0.05, 0.1) is 18.4 Å². The summed E-state index contributed by atoms with van der Waals surface area (Å²) in [6, 6.07) is 11.7. The number of benzene rings is 2. The summed E-state index contributed by atoms with van der Waals surface area (Å²) in [5.74, 6) is -0.609. The van der Waals surface area contributed by atoms with Gasteiger partial charge in [0.25, 0.3) is 5.91 Å². The molecule has 1 amide bonds. The monoisotopic (exact) mass is 343 g/mol. The van der Waals surface area contributed by atoms with E-state index in [-0.39, 0.29) is 23.6 Å². The molecule has 2 aromatic rings. The Labute approximate surface area is 146 Å². The highest BCUT2D eigenvalue weighted by Gasteiger charge is 2.11. The minimum atomic E-state index is -0.567. The zero-order valence-corrected chi connectivity index (χ0v) is 14.2. The first kappa shape index (κ1) is 18.3. The Hall–Kier alpha value is -3.02. The van der Waals surface area contributed by atoms with Crippen LogP contribution in [0.5, 0.6) is 11.5 Å². The van der Waals surface area contributed by atoms with Crippen LogP contribution >= 0.6 is 0 Å². The number of rotatable bonds is 7. The predicted octanol–water partition coefficient (Wildman–Crippen LogP) is 3.15. The summed E-state index contributed by atoms with van der Waals surface area (Å²) in [5, 5.41) is 12.4. The first-order valence-corrected chi connectivity index (χ1v) is 7.96. The number of methoxy groups -OCH3 is 1. The van der Waals surface area contributed by atoms with E-state index >= 15 is 0 Å². The number of amides is 1. The Morgan fingerprint density at radius 2 is 1.84 bits per heavy atom. The lowest BCUT2D eigenvalue weighted by Gasteiger charge is -2.10. The second kappa shape index (κ2) is 8.73. The fourth-order valence-electron chi connectivity index (χ4n) is 2.26. The quantitative estimate of drug-likeness (QED) is 0.596. The van der Waals surface area contributed by atoms with Crippen molar-refractivity contribution in [2.75, 3.05) is 19.0 Å². The maximum Gasteiger partial charge on any atom is 0.337 e. The molecule has 2 N–H and O–H groups in total. The number of phenolic OH excluding ortho intramolecular Hbond substituents is 1. The van der Waals surface area contributed by atoms with Crippen molar-refractivity contribution in [1.29, 1.82) is 0 Å². The standard InChI is InChI=1S/C19H21NO5/c1-3-4-13-5-8-15(9-6-13)25-12-18(22)20-16-10-7-14(11-17(16)21)19(23)24-2/h5-11,21H,3-4,12H2,1-2H3,(H,20,22). The molecule has 0 aromatic heterocycles. The van der Waals surface area contributed by atoms with Crippen molar-refractivity contribution < 1.29 is 24.2 Å².